The van der Waals surface area contributed by atoms with Crippen LogP contribution in [-0.4, -0.2) is 52.7 Å². The number of rotatable bonds is 12. The number of aliphatic carboxylic acids is 1. The SMILES string of the molecule is COc1ccc2nccc([C@@H](F)CC[C@@H]3CCN(CCCCc4nccs4)C[C@@H]3CC(=O)O)c2c1. The van der Waals surface area contributed by atoms with Gasteiger partial charge in [0.05, 0.1) is 17.6 Å². The van der Waals surface area contributed by atoms with Gasteiger partial charge < -0.3 is 14.7 Å². The molecule has 3 atom stereocenters. The Morgan fingerprint density at radius 3 is 2.91 bits per heavy atom. The summed E-state index contributed by atoms with van der Waals surface area (Å²) in [6.45, 7) is 2.70. The number of fused-ring (bicyclic) bond motifs is 1. The van der Waals surface area contributed by atoms with Crippen LogP contribution in [0.1, 0.15) is 55.3 Å². The molecule has 8 heteroatoms. The zero-order valence-corrected chi connectivity index (χ0v) is 21.1. The number of benzene rings is 1. The fourth-order valence-electron chi connectivity index (χ4n) is 5.25. The Kier molecular flexibility index (Phi) is 9.04. The summed E-state index contributed by atoms with van der Waals surface area (Å²) in [6, 6.07) is 7.26. The molecule has 0 saturated carbocycles. The van der Waals surface area contributed by atoms with Gasteiger partial charge in [0.15, 0.2) is 0 Å². The van der Waals surface area contributed by atoms with Crippen molar-refractivity contribution in [3.63, 3.8) is 0 Å². The molecule has 1 saturated heterocycles. The number of piperidine rings is 1. The lowest BCUT2D eigenvalue weighted by molar-refractivity contribution is -0.139. The molecule has 0 aliphatic carbocycles. The molecule has 1 aliphatic rings. The number of alkyl halides is 1. The van der Waals surface area contributed by atoms with Crippen molar-refractivity contribution in [1.82, 2.24) is 14.9 Å². The molecule has 0 radical (unpaired) electrons. The molecule has 4 rings (SSSR count). The van der Waals surface area contributed by atoms with Gasteiger partial charge in [-0.25, -0.2) is 9.37 Å². The highest BCUT2D eigenvalue weighted by Crippen LogP contribution is 2.36. The molecule has 0 amide bonds. The van der Waals surface area contributed by atoms with Crippen molar-refractivity contribution >= 4 is 28.2 Å². The van der Waals surface area contributed by atoms with E-state index in [2.05, 4.69) is 14.9 Å². The van der Waals surface area contributed by atoms with E-state index in [0.29, 0.717) is 24.2 Å². The van der Waals surface area contributed by atoms with Gasteiger partial charge in [-0.1, -0.05) is 0 Å². The van der Waals surface area contributed by atoms with E-state index in [0.717, 1.165) is 56.2 Å². The Bertz CT molecular complexity index is 1090. The molecule has 1 aliphatic heterocycles. The minimum absolute atomic E-state index is 0.0571. The number of pyridine rings is 1. The summed E-state index contributed by atoms with van der Waals surface area (Å²) in [6.07, 6.45) is 7.67. The van der Waals surface area contributed by atoms with Crippen LogP contribution in [0.15, 0.2) is 42.0 Å². The van der Waals surface area contributed by atoms with Crippen molar-refractivity contribution < 1.29 is 19.0 Å². The van der Waals surface area contributed by atoms with Crippen molar-refractivity contribution in [2.45, 2.75) is 51.1 Å². The summed E-state index contributed by atoms with van der Waals surface area (Å²) in [5.41, 5.74) is 1.37. The highest BCUT2D eigenvalue weighted by Gasteiger charge is 2.31. The van der Waals surface area contributed by atoms with Crippen LogP contribution in [-0.2, 0) is 11.2 Å². The standard InChI is InChI=1S/C27H34FN3O3S/c1-34-21-6-8-25-23(17-21)22(9-11-29-25)24(28)7-5-19-10-14-31(18-20(19)16-27(32)33)13-3-2-4-26-30-12-15-35-26/h6,8-9,11-12,15,17,19-20,24H,2-5,7,10,13-14,16,18H2,1H3,(H,32,33)/t19-,20+,24+/m1/s1. The highest BCUT2D eigenvalue weighted by molar-refractivity contribution is 7.09. The lowest BCUT2D eigenvalue weighted by Gasteiger charge is -2.38. The van der Waals surface area contributed by atoms with Gasteiger partial charge in [0.2, 0.25) is 0 Å². The summed E-state index contributed by atoms with van der Waals surface area (Å²) in [7, 11) is 1.60. The molecule has 6 nitrogen and oxygen atoms in total. The van der Waals surface area contributed by atoms with E-state index >= 15 is 4.39 Å². The first-order valence-electron chi connectivity index (χ1n) is 12.4. The first-order chi connectivity index (χ1) is 17.0. The monoisotopic (exact) mass is 499 g/mol. The number of ether oxygens (including phenoxy) is 1. The summed E-state index contributed by atoms with van der Waals surface area (Å²) in [4.78, 5) is 22.6. The fourth-order valence-corrected chi connectivity index (χ4v) is 5.91. The number of hydrogen-bond acceptors (Lipinski definition) is 6. The lowest BCUT2D eigenvalue weighted by atomic mass is 9.79. The minimum atomic E-state index is -1.12. The van der Waals surface area contributed by atoms with Crippen molar-refractivity contribution in [2.24, 2.45) is 11.8 Å². The Balaban J connectivity index is 1.32. The highest BCUT2D eigenvalue weighted by atomic mass is 32.1. The maximum atomic E-state index is 15.4. The normalized spacial score (nSPS) is 19.6. The third-order valence-electron chi connectivity index (χ3n) is 7.12. The summed E-state index contributed by atoms with van der Waals surface area (Å²) in [5, 5.41) is 13.4. The van der Waals surface area contributed by atoms with Crippen LogP contribution in [0.3, 0.4) is 0 Å². The molecule has 1 N–H and O–H groups in total. The maximum absolute atomic E-state index is 15.4. The second-order valence-corrected chi connectivity index (χ2v) is 10.4. The molecule has 0 unspecified atom stereocenters. The van der Waals surface area contributed by atoms with Crippen LogP contribution in [0.5, 0.6) is 5.75 Å². The second-order valence-electron chi connectivity index (χ2n) is 9.42. The fraction of sp³-hybridized carbons (Fsp3) is 0.519. The van der Waals surface area contributed by atoms with Crippen molar-refractivity contribution in [2.75, 3.05) is 26.7 Å². The smallest absolute Gasteiger partial charge is 0.303 e. The van der Waals surface area contributed by atoms with Crippen LogP contribution in [0.4, 0.5) is 4.39 Å². The number of carboxylic acid groups (broad SMARTS) is 1. The molecule has 188 valence electrons. The number of aryl methyl sites for hydroxylation is 1. The molecule has 3 aromatic rings. The molecule has 0 spiro atoms. The van der Waals surface area contributed by atoms with Gasteiger partial charge in [-0.2, -0.15) is 0 Å². The largest absolute Gasteiger partial charge is 0.497 e. The Morgan fingerprint density at radius 2 is 2.14 bits per heavy atom. The van der Waals surface area contributed by atoms with Gasteiger partial charge in [0.1, 0.15) is 11.9 Å². The maximum Gasteiger partial charge on any atom is 0.303 e. The lowest BCUT2D eigenvalue weighted by Crippen LogP contribution is -2.41. The topological polar surface area (TPSA) is 75.5 Å². The van der Waals surface area contributed by atoms with E-state index < -0.39 is 12.1 Å². The van der Waals surface area contributed by atoms with Gasteiger partial charge in [0, 0.05) is 36.1 Å². The molecule has 2 aromatic heterocycles. The number of methoxy groups -OCH3 is 1. The molecule has 35 heavy (non-hydrogen) atoms. The average Bonchev–Trinajstić information content (AvgIpc) is 3.38. The molecular weight excluding hydrogens is 465 g/mol. The first-order valence-corrected chi connectivity index (χ1v) is 13.3. The van der Waals surface area contributed by atoms with E-state index in [1.807, 2.05) is 29.8 Å². The van der Waals surface area contributed by atoms with Gasteiger partial charge in [-0.05, 0) is 93.3 Å². The third kappa shape index (κ3) is 6.98. The van der Waals surface area contributed by atoms with Crippen molar-refractivity contribution in [3.8, 4) is 5.75 Å². The second kappa shape index (κ2) is 12.4. The molecular formula is C27H34FN3O3S. The molecule has 0 bridgehead atoms. The van der Waals surface area contributed by atoms with Crippen molar-refractivity contribution in [1.29, 1.82) is 0 Å². The number of thiazole rings is 1. The van der Waals surface area contributed by atoms with Crippen LogP contribution in [0, 0.1) is 11.8 Å². The first kappa shape index (κ1) is 25.5. The average molecular weight is 500 g/mol. The van der Waals surface area contributed by atoms with Gasteiger partial charge >= 0.3 is 5.97 Å². The van der Waals surface area contributed by atoms with Gasteiger partial charge in [0.25, 0.3) is 0 Å². The van der Waals surface area contributed by atoms with E-state index in [1.54, 1.807) is 30.7 Å². The Labute approximate surface area is 210 Å². The quantitative estimate of drug-likeness (QED) is 0.312. The van der Waals surface area contributed by atoms with Gasteiger partial charge in [-0.3, -0.25) is 9.78 Å². The zero-order chi connectivity index (χ0) is 24.6. The summed E-state index contributed by atoms with van der Waals surface area (Å²) >= 11 is 1.69. The summed E-state index contributed by atoms with van der Waals surface area (Å²) < 4.78 is 20.8. The van der Waals surface area contributed by atoms with Gasteiger partial charge in [-0.15, -0.1) is 11.3 Å². The number of likely N-dealkylation sites (tertiary alicyclic amines) is 1. The number of nitrogens with zero attached hydrogens (tertiary/aromatic N) is 3. The van der Waals surface area contributed by atoms with Crippen LogP contribution in [0.2, 0.25) is 0 Å². The number of halogens is 1. The number of hydrogen-bond donors (Lipinski definition) is 1. The zero-order valence-electron chi connectivity index (χ0n) is 20.2. The number of aromatic nitrogens is 2. The Hall–Kier alpha value is -2.58. The minimum Gasteiger partial charge on any atom is -0.497 e. The van der Waals surface area contributed by atoms with E-state index in [1.165, 1.54) is 5.01 Å². The van der Waals surface area contributed by atoms with Crippen LogP contribution in [0.25, 0.3) is 10.9 Å². The summed E-state index contributed by atoms with van der Waals surface area (Å²) in [5.74, 6) is 0.189. The number of carboxylic acids is 1. The van der Waals surface area contributed by atoms with Crippen molar-refractivity contribution in [3.05, 3.63) is 52.6 Å². The predicted octanol–water partition coefficient (Wildman–Crippen LogP) is 5.93. The van der Waals surface area contributed by atoms with Crippen LogP contribution < -0.4 is 4.74 Å². The molecule has 3 heterocycles. The molecule has 1 aromatic carbocycles. The molecule has 1 fully saturated rings. The van der Waals surface area contributed by atoms with E-state index in [-0.39, 0.29) is 18.3 Å². The third-order valence-corrected chi connectivity index (χ3v) is 7.96. The van der Waals surface area contributed by atoms with E-state index in [4.69, 9.17) is 4.74 Å². The Morgan fingerprint density at radius 1 is 1.26 bits per heavy atom. The van der Waals surface area contributed by atoms with Crippen LogP contribution >= 0.6 is 11.3 Å². The number of carbonyl (C=O) groups is 1. The predicted molar refractivity (Wildman–Crippen MR) is 137 cm³/mol. The number of unbranched alkanes of at least 4 members (excludes halogenated alkanes) is 1. The van der Waals surface area contributed by atoms with E-state index in [9.17, 15) is 9.90 Å².